The van der Waals surface area contributed by atoms with Crippen LogP contribution in [0.15, 0.2) is 47.5 Å². The van der Waals surface area contributed by atoms with E-state index in [1.807, 2.05) is 17.2 Å². The van der Waals surface area contributed by atoms with Gasteiger partial charge in [-0.25, -0.2) is 0 Å². The molecule has 0 N–H and O–H groups in total. The summed E-state index contributed by atoms with van der Waals surface area (Å²) in [6, 6.07) is 9.38. The number of carbonyl (C=O) groups is 1. The molecule has 0 saturated carbocycles. The van der Waals surface area contributed by atoms with Crippen LogP contribution < -0.4 is 5.56 Å². The van der Waals surface area contributed by atoms with Gasteiger partial charge in [0.15, 0.2) is 0 Å². The highest BCUT2D eigenvalue weighted by Gasteiger charge is 2.43. The summed E-state index contributed by atoms with van der Waals surface area (Å²) in [7, 11) is 1.66. The summed E-state index contributed by atoms with van der Waals surface area (Å²) in [5, 5.41) is 0. The summed E-state index contributed by atoms with van der Waals surface area (Å²) in [5.74, 6) is -0.0197. The Bertz CT molecular complexity index is 819. The average Bonchev–Trinajstić information content (AvgIpc) is 2.88. The predicted molar refractivity (Wildman–Crippen MR) is 94.2 cm³/mol. The summed E-state index contributed by atoms with van der Waals surface area (Å²) in [5.41, 5.74) is 1.53. The molecule has 25 heavy (non-hydrogen) atoms. The summed E-state index contributed by atoms with van der Waals surface area (Å²) in [4.78, 5) is 33.5. The van der Waals surface area contributed by atoms with Crippen molar-refractivity contribution in [1.82, 2.24) is 19.4 Å². The Morgan fingerprint density at radius 2 is 1.92 bits per heavy atom. The molecule has 0 spiro atoms. The van der Waals surface area contributed by atoms with Gasteiger partial charge in [-0.1, -0.05) is 12.1 Å². The van der Waals surface area contributed by atoms with Crippen molar-refractivity contribution in [3.8, 4) is 0 Å². The predicted octanol–water partition coefficient (Wildman–Crippen LogP) is 1.27. The number of likely N-dealkylation sites (tertiary alicyclic amines) is 1. The van der Waals surface area contributed by atoms with Crippen LogP contribution in [-0.4, -0.2) is 50.4 Å². The SMILES string of the molecule is Cn1c(C(=O)N2C3CCC2CN(Cc2cccnc2)C3)cccc1=O. The van der Waals surface area contributed by atoms with Crippen LogP contribution in [0.25, 0.3) is 0 Å². The van der Waals surface area contributed by atoms with Gasteiger partial charge in [0.2, 0.25) is 0 Å². The lowest BCUT2D eigenvalue weighted by atomic mass is 10.1. The lowest BCUT2D eigenvalue weighted by Crippen LogP contribution is -2.55. The van der Waals surface area contributed by atoms with E-state index in [1.165, 1.54) is 16.2 Å². The fourth-order valence-corrected chi connectivity index (χ4v) is 4.11. The second kappa shape index (κ2) is 6.44. The van der Waals surface area contributed by atoms with Crippen molar-refractivity contribution in [2.24, 2.45) is 7.05 Å². The van der Waals surface area contributed by atoms with E-state index in [-0.39, 0.29) is 23.6 Å². The van der Waals surface area contributed by atoms with E-state index in [4.69, 9.17) is 0 Å². The molecule has 0 aromatic carbocycles. The van der Waals surface area contributed by atoms with E-state index in [0.29, 0.717) is 5.69 Å². The molecule has 4 heterocycles. The number of nitrogens with zero attached hydrogens (tertiary/aromatic N) is 4. The van der Waals surface area contributed by atoms with Crippen molar-refractivity contribution >= 4 is 5.91 Å². The van der Waals surface area contributed by atoms with Gasteiger partial charge >= 0.3 is 0 Å². The minimum absolute atomic E-state index is 0.0197. The van der Waals surface area contributed by atoms with Crippen LogP contribution in [0.3, 0.4) is 0 Å². The number of fused-ring (bicyclic) bond motifs is 2. The Labute approximate surface area is 146 Å². The van der Waals surface area contributed by atoms with Crippen molar-refractivity contribution in [2.45, 2.75) is 31.5 Å². The molecule has 0 radical (unpaired) electrons. The number of hydrogen-bond acceptors (Lipinski definition) is 4. The number of carbonyl (C=O) groups excluding carboxylic acids is 1. The zero-order valence-corrected chi connectivity index (χ0v) is 14.3. The normalized spacial score (nSPS) is 23.0. The van der Waals surface area contributed by atoms with E-state index in [1.54, 1.807) is 25.4 Å². The molecule has 2 atom stereocenters. The number of amides is 1. The number of rotatable bonds is 3. The van der Waals surface area contributed by atoms with Gasteiger partial charge in [0.25, 0.3) is 11.5 Å². The number of pyridine rings is 2. The van der Waals surface area contributed by atoms with E-state index in [2.05, 4.69) is 16.0 Å². The highest BCUT2D eigenvalue weighted by Crippen LogP contribution is 2.32. The van der Waals surface area contributed by atoms with Gasteiger partial charge in [-0.15, -0.1) is 0 Å². The molecule has 2 bridgehead atoms. The van der Waals surface area contributed by atoms with Crippen LogP contribution in [0, 0.1) is 0 Å². The average molecular weight is 338 g/mol. The van der Waals surface area contributed by atoms with Gasteiger partial charge in [-0.2, -0.15) is 0 Å². The van der Waals surface area contributed by atoms with Crippen LogP contribution >= 0.6 is 0 Å². The molecule has 130 valence electrons. The summed E-state index contributed by atoms with van der Waals surface area (Å²) in [6.45, 7) is 2.61. The zero-order chi connectivity index (χ0) is 17.4. The summed E-state index contributed by atoms with van der Waals surface area (Å²) < 4.78 is 1.45. The van der Waals surface area contributed by atoms with Crippen molar-refractivity contribution in [2.75, 3.05) is 13.1 Å². The molecule has 6 heteroatoms. The maximum absolute atomic E-state index is 13.0. The minimum atomic E-state index is -0.145. The molecule has 2 aromatic heterocycles. The Kier molecular flexibility index (Phi) is 4.13. The van der Waals surface area contributed by atoms with Crippen LogP contribution in [0.4, 0.5) is 0 Å². The van der Waals surface area contributed by atoms with Gasteiger partial charge in [0.1, 0.15) is 5.69 Å². The molecule has 2 fully saturated rings. The third kappa shape index (κ3) is 2.98. The Morgan fingerprint density at radius 1 is 1.16 bits per heavy atom. The lowest BCUT2D eigenvalue weighted by molar-refractivity contribution is 0.0395. The van der Waals surface area contributed by atoms with Crippen LogP contribution in [0.5, 0.6) is 0 Å². The van der Waals surface area contributed by atoms with Crippen LogP contribution in [0.2, 0.25) is 0 Å². The molecular formula is C19H22N4O2. The third-order valence-electron chi connectivity index (χ3n) is 5.33. The molecular weight excluding hydrogens is 316 g/mol. The molecule has 2 aromatic rings. The highest BCUT2D eigenvalue weighted by atomic mass is 16.2. The Balaban J connectivity index is 1.52. The molecule has 6 nitrogen and oxygen atoms in total. The molecule has 4 rings (SSSR count). The van der Waals surface area contributed by atoms with E-state index in [0.717, 1.165) is 32.5 Å². The molecule has 1 amide bonds. The third-order valence-corrected chi connectivity index (χ3v) is 5.33. The van der Waals surface area contributed by atoms with Crippen molar-refractivity contribution < 1.29 is 4.79 Å². The summed E-state index contributed by atoms with van der Waals surface area (Å²) >= 11 is 0. The van der Waals surface area contributed by atoms with Crippen molar-refractivity contribution in [1.29, 1.82) is 0 Å². The van der Waals surface area contributed by atoms with Gasteiger partial charge in [0, 0.05) is 57.2 Å². The first-order valence-electron chi connectivity index (χ1n) is 8.73. The first kappa shape index (κ1) is 16.0. The van der Waals surface area contributed by atoms with Crippen molar-refractivity contribution in [3.63, 3.8) is 0 Å². The fraction of sp³-hybridized carbons (Fsp3) is 0.421. The Morgan fingerprint density at radius 3 is 2.60 bits per heavy atom. The quantitative estimate of drug-likeness (QED) is 0.846. The van der Waals surface area contributed by atoms with Gasteiger partial charge in [-0.05, 0) is 30.5 Å². The molecule has 2 aliphatic rings. The lowest BCUT2D eigenvalue weighted by Gasteiger charge is -2.41. The van der Waals surface area contributed by atoms with Gasteiger partial charge in [0.05, 0.1) is 0 Å². The van der Waals surface area contributed by atoms with Crippen molar-refractivity contribution in [3.05, 3.63) is 64.3 Å². The van der Waals surface area contributed by atoms with Crippen LogP contribution in [-0.2, 0) is 13.6 Å². The minimum Gasteiger partial charge on any atom is -0.329 e. The first-order chi connectivity index (χ1) is 12.1. The first-order valence-corrected chi connectivity index (χ1v) is 8.73. The zero-order valence-electron chi connectivity index (χ0n) is 14.3. The molecule has 2 unspecified atom stereocenters. The largest absolute Gasteiger partial charge is 0.329 e. The fourth-order valence-electron chi connectivity index (χ4n) is 4.11. The maximum atomic E-state index is 13.0. The van der Waals surface area contributed by atoms with E-state index >= 15 is 0 Å². The monoisotopic (exact) mass is 338 g/mol. The second-order valence-corrected chi connectivity index (χ2v) is 6.96. The number of aromatic nitrogens is 2. The highest BCUT2D eigenvalue weighted by molar-refractivity contribution is 5.93. The Hall–Kier alpha value is -2.47. The maximum Gasteiger partial charge on any atom is 0.271 e. The smallest absolute Gasteiger partial charge is 0.271 e. The van der Waals surface area contributed by atoms with Crippen LogP contribution in [0.1, 0.15) is 28.9 Å². The molecule has 0 aliphatic carbocycles. The standard InChI is InChI=1S/C19H22N4O2/c1-21-17(5-2-6-18(21)24)19(25)23-15-7-8-16(23)13-22(12-15)11-14-4-3-9-20-10-14/h2-6,9-10,15-16H,7-8,11-13H2,1H3. The van der Waals surface area contributed by atoms with Gasteiger partial charge < -0.3 is 9.47 Å². The molecule has 2 aliphatic heterocycles. The van der Waals surface area contributed by atoms with E-state index < -0.39 is 0 Å². The van der Waals surface area contributed by atoms with Gasteiger partial charge in [-0.3, -0.25) is 19.5 Å². The van der Waals surface area contributed by atoms with E-state index in [9.17, 15) is 9.59 Å². The number of hydrogen-bond donors (Lipinski definition) is 0. The number of piperazine rings is 1. The topological polar surface area (TPSA) is 58.4 Å². The second-order valence-electron chi connectivity index (χ2n) is 6.96. The molecule has 2 saturated heterocycles. The summed E-state index contributed by atoms with van der Waals surface area (Å²) in [6.07, 6.45) is 5.74.